The van der Waals surface area contributed by atoms with E-state index in [2.05, 4.69) is 76.9 Å². The number of hydrogen-bond acceptors (Lipinski definition) is 2. The zero-order chi connectivity index (χ0) is 13.0. The van der Waals surface area contributed by atoms with Crippen molar-refractivity contribution in [1.82, 2.24) is 0 Å². The quantitative estimate of drug-likeness (QED) is 0.762. The first-order valence-electron chi connectivity index (χ1n) is 5.86. The van der Waals surface area contributed by atoms with Gasteiger partial charge in [0.1, 0.15) is 0 Å². The van der Waals surface area contributed by atoms with Crippen LogP contribution in [0.2, 0.25) is 0 Å². The first-order chi connectivity index (χ1) is 8.72. The summed E-state index contributed by atoms with van der Waals surface area (Å²) >= 11 is 5.36. The van der Waals surface area contributed by atoms with Crippen LogP contribution in [0.1, 0.15) is 18.5 Å². The zero-order valence-corrected chi connectivity index (χ0v) is 12.9. The Labute approximate surface area is 121 Å². The van der Waals surface area contributed by atoms with Gasteiger partial charge in [0.15, 0.2) is 0 Å². The smallest absolute Gasteiger partial charge is 0.0497 e. The van der Waals surface area contributed by atoms with E-state index in [4.69, 9.17) is 0 Å². The normalized spacial score (nSPS) is 12.2. The fourth-order valence-electron chi connectivity index (χ4n) is 1.90. The fourth-order valence-corrected chi connectivity index (χ4v) is 3.09. The van der Waals surface area contributed by atoms with Crippen LogP contribution in [-0.4, -0.2) is 6.26 Å². The molecule has 0 radical (unpaired) electrons. The summed E-state index contributed by atoms with van der Waals surface area (Å²) in [5.41, 5.74) is 2.46. The molecule has 0 saturated heterocycles. The number of rotatable bonds is 4. The minimum atomic E-state index is 0.272. The molecule has 3 heteroatoms. The maximum atomic E-state index is 3.60. The van der Waals surface area contributed by atoms with Crippen molar-refractivity contribution in [2.45, 2.75) is 17.9 Å². The third-order valence-electron chi connectivity index (χ3n) is 2.85. The average Bonchev–Trinajstić information content (AvgIpc) is 2.39. The molecule has 0 aliphatic rings. The molecule has 0 amide bonds. The number of thioether (sulfide) groups is 1. The van der Waals surface area contributed by atoms with E-state index < -0.39 is 0 Å². The van der Waals surface area contributed by atoms with E-state index in [0.717, 1.165) is 4.47 Å². The number of nitrogens with one attached hydrogen (secondary N) is 1. The summed E-state index contributed by atoms with van der Waals surface area (Å²) in [6, 6.07) is 17.0. The van der Waals surface area contributed by atoms with Crippen molar-refractivity contribution in [3.05, 3.63) is 58.6 Å². The molecule has 0 aliphatic heterocycles. The number of para-hydroxylation sites is 1. The van der Waals surface area contributed by atoms with Gasteiger partial charge >= 0.3 is 0 Å². The lowest BCUT2D eigenvalue weighted by atomic mass is 10.1. The van der Waals surface area contributed by atoms with Gasteiger partial charge in [-0.05, 0) is 36.9 Å². The summed E-state index contributed by atoms with van der Waals surface area (Å²) in [4.78, 5) is 1.27. The molecular weight excluding hydrogens is 306 g/mol. The fraction of sp³-hybridized carbons (Fsp3) is 0.200. The second kappa shape index (κ2) is 6.30. The van der Waals surface area contributed by atoms with Crippen molar-refractivity contribution in [2.75, 3.05) is 11.6 Å². The first-order valence-corrected chi connectivity index (χ1v) is 7.88. The Hall–Kier alpha value is -0.930. The van der Waals surface area contributed by atoms with Gasteiger partial charge in [0.2, 0.25) is 0 Å². The highest BCUT2D eigenvalue weighted by Crippen LogP contribution is 2.30. The first kappa shape index (κ1) is 13.5. The number of anilines is 1. The molecule has 0 bridgehead atoms. The number of hydrogen-bond donors (Lipinski definition) is 1. The summed E-state index contributed by atoms with van der Waals surface area (Å²) in [6.45, 7) is 2.18. The standard InChI is InChI=1S/C15H16BrNS/c1-11(12-7-3-4-8-13(12)16)17-14-9-5-6-10-15(14)18-2/h3-11,17H,1-2H3. The summed E-state index contributed by atoms with van der Waals surface area (Å²) in [7, 11) is 0. The third-order valence-corrected chi connectivity index (χ3v) is 4.37. The SMILES string of the molecule is CSc1ccccc1NC(C)c1ccccc1Br. The van der Waals surface area contributed by atoms with E-state index in [1.165, 1.54) is 16.1 Å². The molecule has 0 spiro atoms. The Balaban J connectivity index is 2.21. The van der Waals surface area contributed by atoms with Crippen molar-refractivity contribution in [3.63, 3.8) is 0 Å². The van der Waals surface area contributed by atoms with E-state index in [9.17, 15) is 0 Å². The van der Waals surface area contributed by atoms with Gasteiger partial charge in [-0.2, -0.15) is 0 Å². The van der Waals surface area contributed by atoms with Crippen LogP contribution in [0.15, 0.2) is 57.9 Å². The van der Waals surface area contributed by atoms with E-state index in [0.29, 0.717) is 0 Å². The third kappa shape index (κ3) is 3.09. The van der Waals surface area contributed by atoms with Gasteiger partial charge in [-0.25, -0.2) is 0 Å². The largest absolute Gasteiger partial charge is 0.378 e. The molecule has 1 unspecified atom stereocenters. The lowest BCUT2D eigenvalue weighted by molar-refractivity contribution is 0.874. The lowest BCUT2D eigenvalue weighted by Crippen LogP contribution is -2.07. The Kier molecular flexibility index (Phi) is 4.72. The molecule has 0 aromatic heterocycles. The molecule has 0 aliphatic carbocycles. The van der Waals surface area contributed by atoms with Crippen molar-refractivity contribution in [1.29, 1.82) is 0 Å². The Morgan fingerprint density at radius 3 is 2.44 bits per heavy atom. The molecule has 0 saturated carbocycles. The molecule has 18 heavy (non-hydrogen) atoms. The molecule has 0 heterocycles. The topological polar surface area (TPSA) is 12.0 Å². The maximum Gasteiger partial charge on any atom is 0.0497 e. The molecule has 0 fully saturated rings. The van der Waals surface area contributed by atoms with Crippen molar-refractivity contribution >= 4 is 33.4 Å². The van der Waals surface area contributed by atoms with Crippen molar-refractivity contribution < 1.29 is 0 Å². The van der Waals surface area contributed by atoms with Crippen molar-refractivity contribution in [3.8, 4) is 0 Å². The monoisotopic (exact) mass is 321 g/mol. The van der Waals surface area contributed by atoms with Gasteiger partial charge in [0.05, 0.1) is 0 Å². The minimum Gasteiger partial charge on any atom is -0.378 e. The van der Waals surface area contributed by atoms with E-state index in [-0.39, 0.29) is 6.04 Å². The van der Waals surface area contributed by atoms with E-state index >= 15 is 0 Å². The van der Waals surface area contributed by atoms with Crippen LogP contribution < -0.4 is 5.32 Å². The summed E-state index contributed by atoms with van der Waals surface area (Å²) < 4.78 is 1.15. The van der Waals surface area contributed by atoms with Crippen molar-refractivity contribution in [2.24, 2.45) is 0 Å². The molecule has 2 rings (SSSR count). The average molecular weight is 322 g/mol. The number of halogens is 1. The van der Waals surface area contributed by atoms with Gasteiger partial charge in [0.25, 0.3) is 0 Å². The molecule has 94 valence electrons. The molecule has 1 N–H and O–H groups in total. The van der Waals surface area contributed by atoms with Crippen LogP contribution in [0.25, 0.3) is 0 Å². The highest BCUT2D eigenvalue weighted by atomic mass is 79.9. The van der Waals surface area contributed by atoms with Crippen LogP contribution in [0.4, 0.5) is 5.69 Å². The molecule has 2 aromatic carbocycles. The summed E-state index contributed by atoms with van der Waals surface area (Å²) in [5, 5.41) is 3.57. The second-order valence-corrected chi connectivity index (χ2v) is 5.79. The van der Waals surface area contributed by atoms with Crippen LogP contribution in [-0.2, 0) is 0 Å². The molecular formula is C15H16BrNS. The lowest BCUT2D eigenvalue weighted by Gasteiger charge is -2.19. The molecule has 2 aromatic rings. The highest BCUT2D eigenvalue weighted by molar-refractivity contribution is 9.10. The van der Waals surface area contributed by atoms with E-state index in [1.54, 1.807) is 11.8 Å². The van der Waals surface area contributed by atoms with Gasteiger partial charge in [-0.15, -0.1) is 11.8 Å². The minimum absolute atomic E-state index is 0.272. The van der Waals surface area contributed by atoms with Gasteiger partial charge in [-0.1, -0.05) is 46.3 Å². The highest BCUT2D eigenvalue weighted by Gasteiger charge is 2.10. The van der Waals surface area contributed by atoms with Crippen LogP contribution >= 0.6 is 27.7 Å². The molecule has 1 atom stereocenters. The number of benzene rings is 2. The van der Waals surface area contributed by atoms with Crippen LogP contribution in [0.5, 0.6) is 0 Å². The van der Waals surface area contributed by atoms with Gasteiger partial charge in [-0.3, -0.25) is 0 Å². The van der Waals surface area contributed by atoms with Crippen LogP contribution in [0.3, 0.4) is 0 Å². The molecule has 1 nitrogen and oxygen atoms in total. The predicted octanol–water partition coefficient (Wildman–Crippen LogP) is 5.34. The summed E-state index contributed by atoms with van der Waals surface area (Å²) in [6.07, 6.45) is 2.10. The second-order valence-electron chi connectivity index (χ2n) is 4.09. The van der Waals surface area contributed by atoms with Gasteiger partial charge in [0, 0.05) is 21.1 Å². The van der Waals surface area contributed by atoms with Crippen LogP contribution in [0, 0.1) is 0 Å². The zero-order valence-electron chi connectivity index (χ0n) is 10.5. The van der Waals surface area contributed by atoms with Gasteiger partial charge < -0.3 is 5.32 Å². The Morgan fingerprint density at radius 2 is 1.72 bits per heavy atom. The Morgan fingerprint density at radius 1 is 1.06 bits per heavy atom. The predicted molar refractivity (Wildman–Crippen MR) is 84.4 cm³/mol. The van der Waals surface area contributed by atoms with E-state index in [1.807, 2.05) is 6.07 Å². The Bertz CT molecular complexity index is 527. The maximum absolute atomic E-state index is 3.60. The summed E-state index contributed by atoms with van der Waals surface area (Å²) in [5.74, 6) is 0.